The molecule has 4 rings (SSSR count). The van der Waals surface area contributed by atoms with Crippen molar-refractivity contribution in [3.8, 4) is 0 Å². The van der Waals surface area contributed by atoms with Crippen LogP contribution in [0.4, 0.5) is 0 Å². The van der Waals surface area contributed by atoms with Gasteiger partial charge in [-0.25, -0.2) is 9.97 Å². The highest BCUT2D eigenvalue weighted by Crippen LogP contribution is 2.24. The molecule has 1 amide bonds. The van der Waals surface area contributed by atoms with Gasteiger partial charge in [-0.05, 0) is 43.4 Å². The number of rotatable bonds is 2. The maximum atomic E-state index is 12.8. The summed E-state index contributed by atoms with van der Waals surface area (Å²) in [6, 6.07) is 8.32. The van der Waals surface area contributed by atoms with Crippen LogP contribution in [-0.2, 0) is 19.3 Å². The van der Waals surface area contributed by atoms with Gasteiger partial charge in [-0.3, -0.25) is 4.79 Å². The first-order chi connectivity index (χ1) is 11.3. The Labute approximate surface area is 135 Å². The molecule has 1 atom stereocenters. The summed E-state index contributed by atoms with van der Waals surface area (Å²) in [6.45, 7) is 1.68. The zero-order chi connectivity index (χ0) is 15.6. The largest absolute Gasteiger partial charge is 0.343 e. The van der Waals surface area contributed by atoms with E-state index in [1.54, 1.807) is 0 Å². The Bertz CT molecular complexity index is 744. The van der Waals surface area contributed by atoms with Crippen molar-refractivity contribution >= 4 is 5.91 Å². The predicted octanol–water partition coefficient (Wildman–Crippen LogP) is 1.58. The number of carbonyl (C=O) groups excluding carboxylic acids is 1. The minimum Gasteiger partial charge on any atom is -0.343 e. The number of hydrogen-bond acceptors (Lipinski definition) is 4. The van der Waals surface area contributed by atoms with Gasteiger partial charge in [-0.15, -0.1) is 0 Å². The predicted molar refractivity (Wildman–Crippen MR) is 87.3 cm³/mol. The number of nitrogens with zero attached hydrogens (tertiary/aromatic N) is 2. The maximum Gasteiger partial charge on any atom is 0.270 e. The average molecular weight is 308 g/mol. The quantitative estimate of drug-likeness (QED) is 0.884. The molecule has 1 aromatic carbocycles. The molecule has 0 saturated carbocycles. The Morgan fingerprint density at radius 3 is 3.04 bits per heavy atom. The van der Waals surface area contributed by atoms with Gasteiger partial charge in [0.2, 0.25) is 0 Å². The van der Waals surface area contributed by atoms with Gasteiger partial charge in [-0.2, -0.15) is 0 Å². The number of aryl methyl sites for hydroxylation is 1. The van der Waals surface area contributed by atoms with Crippen LogP contribution in [0.15, 0.2) is 30.6 Å². The first kappa shape index (κ1) is 14.3. The van der Waals surface area contributed by atoms with E-state index in [9.17, 15) is 4.79 Å². The Kier molecular flexibility index (Phi) is 3.79. The maximum absolute atomic E-state index is 12.8. The normalized spacial score (nSPS) is 19.6. The summed E-state index contributed by atoms with van der Waals surface area (Å²) in [6.07, 6.45) is 5.41. The number of hydrogen-bond donors (Lipinski definition) is 2. The SMILES string of the molecule is O=C(NC1CNCCc2ccccc21)c1ncnc2c1CCC2. The third-order valence-electron chi connectivity index (χ3n) is 4.75. The van der Waals surface area contributed by atoms with Crippen LogP contribution in [0.2, 0.25) is 0 Å². The van der Waals surface area contributed by atoms with Crippen LogP contribution >= 0.6 is 0 Å². The third-order valence-corrected chi connectivity index (χ3v) is 4.75. The van der Waals surface area contributed by atoms with E-state index >= 15 is 0 Å². The van der Waals surface area contributed by atoms with E-state index in [1.165, 1.54) is 17.5 Å². The van der Waals surface area contributed by atoms with Crippen LogP contribution in [0.5, 0.6) is 0 Å². The molecule has 2 aromatic rings. The summed E-state index contributed by atoms with van der Waals surface area (Å²) in [5.74, 6) is -0.0888. The third kappa shape index (κ3) is 2.72. The molecule has 1 unspecified atom stereocenters. The molecule has 1 aliphatic heterocycles. The molecule has 5 heteroatoms. The summed E-state index contributed by atoms with van der Waals surface area (Å²) in [4.78, 5) is 21.3. The van der Waals surface area contributed by atoms with Gasteiger partial charge >= 0.3 is 0 Å². The second-order valence-electron chi connectivity index (χ2n) is 6.18. The number of benzene rings is 1. The standard InChI is InChI=1S/C18H20N4O/c23-18(17-14-6-3-7-15(14)20-11-21-17)22-16-10-19-9-8-12-4-1-2-5-13(12)16/h1-2,4-5,11,16,19H,3,6-10H2,(H,22,23). The molecular weight excluding hydrogens is 288 g/mol. The van der Waals surface area contributed by atoms with Crippen LogP contribution in [0.1, 0.15) is 45.3 Å². The van der Waals surface area contributed by atoms with Gasteiger partial charge in [0.1, 0.15) is 12.0 Å². The summed E-state index contributed by atoms with van der Waals surface area (Å²) in [7, 11) is 0. The molecule has 0 radical (unpaired) electrons. The molecule has 0 saturated heterocycles. The molecule has 5 nitrogen and oxygen atoms in total. The molecule has 23 heavy (non-hydrogen) atoms. The van der Waals surface area contributed by atoms with Crippen LogP contribution in [-0.4, -0.2) is 29.0 Å². The smallest absolute Gasteiger partial charge is 0.270 e. The van der Waals surface area contributed by atoms with Gasteiger partial charge in [0.05, 0.1) is 6.04 Å². The fourth-order valence-electron chi connectivity index (χ4n) is 3.59. The van der Waals surface area contributed by atoms with E-state index in [4.69, 9.17) is 0 Å². The van der Waals surface area contributed by atoms with Crippen LogP contribution in [0, 0.1) is 0 Å². The number of aromatic nitrogens is 2. The first-order valence-corrected chi connectivity index (χ1v) is 8.25. The molecule has 2 N–H and O–H groups in total. The lowest BCUT2D eigenvalue weighted by Crippen LogP contribution is -2.35. The Morgan fingerprint density at radius 1 is 1.17 bits per heavy atom. The van der Waals surface area contributed by atoms with Crippen molar-refractivity contribution in [3.05, 3.63) is 58.7 Å². The van der Waals surface area contributed by atoms with E-state index in [0.717, 1.165) is 50.0 Å². The van der Waals surface area contributed by atoms with Crippen LogP contribution < -0.4 is 10.6 Å². The summed E-state index contributed by atoms with van der Waals surface area (Å²) in [5.41, 5.74) is 5.12. The lowest BCUT2D eigenvalue weighted by molar-refractivity contribution is 0.0930. The van der Waals surface area contributed by atoms with E-state index in [2.05, 4.69) is 38.8 Å². The van der Waals surface area contributed by atoms with E-state index in [1.807, 2.05) is 6.07 Å². The molecular formula is C18H20N4O. The summed E-state index contributed by atoms with van der Waals surface area (Å²) in [5, 5.41) is 6.58. The highest BCUT2D eigenvalue weighted by Gasteiger charge is 2.25. The van der Waals surface area contributed by atoms with Crippen LogP contribution in [0.25, 0.3) is 0 Å². The number of nitrogens with one attached hydrogen (secondary N) is 2. The van der Waals surface area contributed by atoms with Crippen molar-refractivity contribution < 1.29 is 4.79 Å². The van der Waals surface area contributed by atoms with E-state index in [-0.39, 0.29) is 11.9 Å². The fourth-order valence-corrected chi connectivity index (χ4v) is 3.59. The minimum absolute atomic E-state index is 0.0202. The van der Waals surface area contributed by atoms with Crippen molar-refractivity contribution in [2.24, 2.45) is 0 Å². The zero-order valence-electron chi connectivity index (χ0n) is 13.0. The number of amides is 1. The average Bonchev–Trinajstić information content (AvgIpc) is 2.97. The number of carbonyl (C=O) groups is 1. The van der Waals surface area contributed by atoms with E-state index < -0.39 is 0 Å². The fraction of sp³-hybridized carbons (Fsp3) is 0.389. The minimum atomic E-state index is -0.0888. The lowest BCUT2D eigenvalue weighted by atomic mass is 9.99. The molecule has 0 fully saturated rings. The van der Waals surface area contributed by atoms with Crippen molar-refractivity contribution in [1.29, 1.82) is 0 Å². The van der Waals surface area contributed by atoms with Crippen molar-refractivity contribution in [1.82, 2.24) is 20.6 Å². The molecule has 118 valence electrons. The lowest BCUT2D eigenvalue weighted by Gasteiger charge is -2.19. The summed E-state index contributed by atoms with van der Waals surface area (Å²) >= 11 is 0. The molecule has 0 spiro atoms. The molecule has 1 aliphatic carbocycles. The Balaban J connectivity index is 1.61. The van der Waals surface area contributed by atoms with Gasteiger partial charge in [0, 0.05) is 17.8 Å². The van der Waals surface area contributed by atoms with Gasteiger partial charge in [0.15, 0.2) is 0 Å². The zero-order valence-corrected chi connectivity index (χ0v) is 13.0. The second-order valence-corrected chi connectivity index (χ2v) is 6.18. The summed E-state index contributed by atoms with van der Waals surface area (Å²) < 4.78 is 0. The van der Waals surface area contributed by atoms with Crippen molar-refractivity contribution in [2.75, 3.05) is 13.1 Å². The molecule has 2 aliphatic rings. The van der Waals surface area contributed by atoms with Crippen molar-refractivity contribution in [3.63, 3.8) is 0 Å². The van der Waals surface area contributed by atoms with E-state index in [0.29, 0.717) is 5.69 Å². The monoisotopic (exact) mass is 308 g/mol. The Morgan fingerprint density at radius 2 is 2.09 bits per heavy atom. The first-order valence-electron chi connectivity index (χ1n) is 8.25. The Hall–Kier alpha value is -2.27. The molecule has 0 bridgehead atoms. The topological polar surface area (TPSA) is 66.9 Å². The molecule has 1 aromatic heterocycles. The highest BCUT2D eigenvalue weighted by atomic mass is 16.2. The highest BCUT2D eigenvalue weighted by molar-refractivity contribution is 5.94. The van der Waals surface area contributed by atoms with Gasteiger partial charge in [0.25, 0.3) is 5.91 Å². The van der Waals surface area contributed by atoms with Crippen molar-refractivity contribution in [2.45, 2.75) is 31.7 Å². The van der Waals surface area contributed by atoms with Crippen LogP contribution in [0.3, 0.4) is 0 Å². The number of fused-ring (bicyclic) bond motifs is 2. The molecule has 2 heterocycles. The van der Waals surface area contributed by atoms with Gasteiger partial charge < -0.3 is 10.6 Å². The van der Waals surface area contributed by atoms with Gasteiger partial charge in [-0.1, -0.05) is 24.3 Å². The second kappa shape index (κ2) is 6.08.